The van der Waals surface area contributed by atoms with Gasteiger partial charge in [0.05, 0.1) is 0 Å². The van der Waals surface area contributed by atoms with Crippen molar-refractivity contribution in [3.8, 4) is 5.75 Å². The number of hydrogen-bond donors (Lipinski definition) is 2. The van der Waals surface area contributed by atoms with Crippen LogP contribution >= 0.6 is 0 Å². The van der Waals surface area contributed by atoms with Crippen LogP contribution in [0.1, 0.15) is 40.0 Å². The molecule has 0 aromatic heterocycles. The van der Waals surface area contributed by atoms with Crippen molar-refractivity contribution in [2.45, 2.75) is 51.7 Å². The average molecular weight is 311 g/mol. The van der Waals surface area contributed by atoms with Gasteiger partial charge in [0.2, 0.25) is 0 Å². The normalized spacial score (nSPS) is 14.7. The highest BCUT2D eigenvalue weighted by molar-refractivity contribution is 5.89. The summed E-state index contributed by atoms with van der Waals surface area (Å²) in [6.45, 7) is 5.00. The molecule has 0 saturated carbocycles. The van der Waals surface area contributed by atoms with Crippen LogP contribution < -0.4 is 10.1 Å². The molecule has 6 heteroatoms. The molecule has 0 heterocycles. The summed E-state index contributed by atoms with van der Waals surface area (Å²) in [6.07, 6.45) is 0.243. The molecule has 5 nitrogen and oxygen atoms in total. The van der Waals surface area contributed by atoms with Crippen LogP contribution in [-0.2, 0) is 9.59 Å². The SMILES string of the molecule is CCCC(C)(NC(=O)C(CC)Oc1ccccc1F)C(=O)O. The van der Waals surface area contributed by atoms with Crippen molar-refractivity contribution in [1.29, 1.82) is 0 Å². The van der Waals surface area contributed by atoms with E-state index >= 15 is 0 Å². The maximum atomic E-state index is 13.6. The number of carbonyl (C=O) groups excluding carboxylic acids is 1. The zero-order valence-corrected chi connectivity index (χ0v) is 13.1. The van der Waals surface area contributed by atoms with Crippen LogP contribution in [0.3, 0.4) is 0 Å². The second-order valence-corrected chi connectivity index (χ2v) is 5.32. The monoisotopic (exact) mass is 311 g/mol. The second kappa shape index (κ2) is 7.77. The van der Waals surface area contributed by atoms with Crippen LogP contribution in [0.2, 0.25) is 0 Å². The second-order valence-electron chi connectivity index (χ2n) is 5.32. The Bertz CT molecular complexity index is 535. The maximum absolute atomic E-state index is 13.6. The van der Waals surface area contributed by atoms with Gasteiger partial charge in [-0.1, -0.05) is 32.4 Å². The van der Waals surface area contributed by atoms with E-state index in [4.69, 9.17) is 4.74 Å². The highest BCUT2D eigenvalue weighted by atomic mass is 19.1. The number of carboxylic acids is 1. The first kappa shape index (κ1) is 17.9. The Kier molecular flexibility index (Phi) is 6.34. The van der Waals surface area contributed by atoms with E-state index in [1.165, 1.54) is 25.1 Å². The van der Waals surface area contributed by atoms with Crippen molar-refractivity contribution >= 4 is 11.9 Å². The number of carbonyl (C=O) groups is 2. The van der Waals surface area contributed by atoms with E-state index in [0.29, 0.717) is 19.3 Å². The minimum absolute atomic E-state index is 0.0305. The Morgan fingerprint density at radius 2 is 2.00 bits per heavy atom. The van der Waals surface area contributed by atoms with Gasteiger partial charge in [-0.15, -0.1) is 0 Å². The molecule has 1 amide bonds. The van der Waals surface area contributed by atoms with Crippen molar-refractivity contribution in [2.75, 3.05) is 0 Å². The topological polar surface area (TPSA) is 75.6 Å². The van der Waals surface area contributed by atoms with Crippen molar-refractivity contribution in [3.05, 3.63) is 30.1 Å². The van der Waals surface area contributed by atoms with Gasteiger partial charge < -0.3 is 15.2 Å². The van der Waals surface area contributed by atoms with Crippen LogP contribution in [0.15, 0.2) is 24.3 Å². The summed E-state index contributed by atoms with van der Waals surface area (Å²) in [7, 11) is 0. The molecular weight excluding hydrogens is 289 g/mol. The van der Waals surface area contributed by atoms with Crippen LogP contribution in [0.5, 0.6) is 5.75 Å². The molecule has 0 radical (unpaired) electrons. The summed E-state index contributed by atoms with van der Waals surface area (Å²) in [5.41, 5.74) is -1.36. The van der Waals surface area contributed by atoms with Crippen molar-refractivity contribution in [1.82, 2.24) is 5.32 Å². The lowest BCUT2D eigenvalue weighted by atomic mass is 9.96. The largest absolute Gasteiger partial charge is 0.480 e. The fourth-order valence-electron chi connectivity index (χ4n) is 2.09. The van der Waals surface area contributed by atoms with Gasteiger partial charge in [-0.2, -0.15) is 0 Å². The number of hydrogen-bond acceptors (Lipinski definition) is 3. The molecule has 2 N–H and O–H groups in total. The molecule has 122 valence electrons. The van der Waals surface area contributed by atoms with E-state index in [9.17, 15) is 19.1 Å². The van der Waals surface area contributed by atoms with Gasteiger partial charge in [0.15, 0.2) is 17.7 Å². The lowest BCUT2D eigenvalue weighted by Crippen LogP contribution is -2.55. The predicted molar refractivity (Wildman–Crippen MR) is 80.2 cm³/mol. The fraction of sp³-hybridized carbons (Fsp3) is 0.500. The van der Waals surface area contributed by atoms with Gasteiger partial charge in [0.1, 0.15) is 5.54 Å². The first-order valence-corrected chi connectivity index (χ1v) is 7.30. The third-order valence-electron chi connectivity index (χ3n) is 3.39. The Hall–Kier alpha value is -2.11. The summed E-state index contributed by atoms with van der Waals surface area (Å²) >= 11 is 0. The highest BCUT2D eigenvalue weighted by Crippen LogP contribution is 2.19. The number of carboxylic acid groups (broad SMARTS) is 1. The Morgan fingerprint density at radius 3 is 2.50 bits per heavy atom. The van der Waals surface area contributed by atoms with E-state index in [0.717, 1.165) is 0 Å². The van der Waals surface area contributed by atoms with Gasteiger partial charge in [-0.05, 0) is 31.9 Å². The molecule has 2 unspecified atom stereocenters. The number of benzene rings is 1. The lowest BCUT2D eigenvalue weighted by Gasteiger charge is -2.28. The first-order chi connectivity index (χ1) is 10.3. The fourth-order valence-corrected chi connectivity index (χ4v) is 2.09. The number of ether oxygens (including phenoxy) is 1. The van der Waals surface area contributed by atoms with Crippen LogP contribution in [0, 0.1) is 5.82 Å². The van der Waals surface area contributed by atoms with E-state index in [1.54, 1.807) is 13.0 Å². The van der Waals surface area contributed by atoms with E-state index < -0.39 is 29.3 Å². The smallest absolute Gasteiger partial charge is 0.329 e. The Balaban J connectivity index is 2.84. The molecule has 0 spiro atoms. The Morgan fingerprint density at radius 1 is 1.36 bits per heavy atom. The van der Waals surface area contributed by atoms with Gasteiger partial charge in [0.25, 0.3) is 5.91 Å². The van der Waals surface area contributed by atoms with E-state index in [-0.39, 0.29) is 5.75 Å². The summed E-state index contributed by atoms with van der Waals surface area (Å²) in [5.74, 6) is -2.27. The van der Waals surface area contributed by atoms with Crippen molar-refractivity contribution < 1.29 is 23.8 Å². The zero-order chi connectivity index (χ0) is 16.8. The maximum Gasteiger partial charge on any atom is 0.329 e. The lowest BCUT2D eigenvalue weighted by molar-refractivity contribution is -0.148. The number of rotatable bonds is 8. The molecule has 0 saturated heterocycles. The number of halogens is 1. The minimum atomic E-state index is -1.36. The molecule has 0 aliphatic rings. The van der Waals surface area contributed by atoms with Crippen LogP contribution in [0.4, 0.5) is 4.39 Å². The van der Waals surface area contributed by atoms with Crippen molar-refractivity contribution in [2.24, 2.45) is 0 Å². The molecule has 22 heavy (non-hydrogen) atoms. The molecule has 0 bridgehead atoms. The highest BCUT2D eigenvalue weighted by Gasteiger charge is 2.36. The molecule has 0 aliphatic heterocycles. The summed E-state index contributed by atoms with van der Waals surface area (Å²) in [6, 6.07) is 5.78. The third-order valence-corrected chi connectivity index (χ3v) is 3.39. The molecule has 2 atom stereocenters. The van der Waals surface area contributed by atoms with Crippen LogP contribution in [0.25, 0.3) is 0 Å². The molecule has 1 aromatic carbocycles. The van der Waals surface area contributed by atoms with Gasteiger partial charge in [-0.25, -0.2) is 9.18 Å². The van der Waals surface area contributed by atoms with Gasteiger partial charge in [-0.3, -0.25) is 4.79 Å². The summed E-state index contributed by atoms with van der Waals surface area (Å²) < 4.78 is 19.0. The molecule has 0 fully saturated rings. The number of para-hydroxylation sites is 1. The molecule has 0 aliphatic carbocycles. The molecular formula is C16H22FNO4. The number of amides is 1. The first-order valence-electron chi connectivity index (χ1n) is 7.30. The zero-order valence-electron chi connectivity index (χ0n) is 13.1. The summed E-state index contributed by atoms with van der Waals surface area (Å²) in [5, 5.41) is 11.8. The minimum Gasteiger partial charge on any atom is -0.480 e. The molecule has 1 rings (SSSR count). The molecule has 1 aromatic rings. The average Bonchev–Trinajstić information content (AvgIpc) is 2.46. The van der Waals surface area contributed by atoms with E-state index in [2.05, 4.69) is 5.32 Å². The van der Waals surface area contributed by atoms with Gasteiger partial charge >= 0.3 is 5.97 Å². The standard InChI is InChI=1S/C16H22FNO4/c1-4-10-16(3,15(20)21)18-14(19)12(5-2)22-13-9-7-6-8-11(13)17/h6-9,12H,4-5,10H2,1-3H3,(H,18,19)(H,20,21). The number of aliphatic carboxylic acids is 1. The summed E-state index contributed by atoms with van der Waals surface area (Å²) in [4.78, 5) is 23.6. The van der Waals surface area contributed by atoms with Crippen molar-refractivity contribution in [3.63, 3.8) is 0 Å². The third kappa shape index (κ3) is 4.44. The predicted octanol–water partition coefficient (Wildman–Crippen LogP) is 2.74. The quantitative estimate of drug-likeness (QED) is 0.774. The van der Waals surface area contributed by atoms with E-state index in [1.807, 2.05) is 6.92 Å². The Labute approximate surface area is 129 Å². The van der Waals surface area contributed by atoms with Gasteiger partial charge in [0, 0.05) is 0 Å². The van der Waals surface area contributed by atoms with Crippen LogP contribution in [-0.4, -0.2) is 28.6 Å². The number of nitrogens with one attached hydrogen (secondary N) is 1.